The number of anilines is 1. The first-order chi connectivity index (χ1) is 14.0. The molecule has 0 aliphatic rings. The minimum absolute atomic E-state index is 0.00945. The summed E-state index contributed by atoms with van der Waals surface area (Å²) >= 11 is 7.15. The molecule has 1 unspecified atom stereocenters. The van der Waals surface area contributed by atoms with Crippen molar-refractivity contribution in [2.24, 2.45) is 0 Å². The Kier molecular flexibility index (Phi) is 7.32. The predicted octanol–water partition coefficient (Wildman–Crippen LogP) is 4.64. The van der Waals surface area contributed by atoms with Crippen molar-refractivity contribution in [3.05, 3.63) is 75.2 Å². The molecule has 2 N–H and O–H groups in total. The lowest BCUT2D eigenvalue weighted by atomic mass is 10.1. The van der Waals surface area contributed by atoms with Crippen molar-refractivity contribution in [3.63, 3.8) is 0 Å². The van der Waals surface area contributed by atoms with Crippen molar-refractivity contribution in [1.82, 2.24) is 15.5 Å². The summed E-state index contributed by atoms with van der Waals surface area (Å²) in [7, 11) is 0. The van der Waals surface area contributed by atoms with E-state index in [1.165, 1.54) is 11.3 Å². The fourth-order valence-electron chi connectivity index (χ4n) is 2.74. The summed E-state index contributed by atoms with van der Waals surface area (Å²) in [6, 6.07) is 16.7. The van der Waals surface area contributed by atoms with Gasteiger partial charge in [0.1, 0.15) is 5.01 Å². The van der Waals surface area contributed by atoms with Crippen LogP contribution in [0.1, 0.15) is 46.2 Å². The van der Waals surface area contributed by atoms with Crippen molar-refractivity contribution in [1.29, 1.82) is 0 Å². The minimum atomic E-state index is -0.328. The van der Waals surface area contributed by atoms with E-state index in [0.29, 0.717) is 30.0 Å². The number of nitrogens with zero attached hydrogens (tertiary/aromatic N) is 2. The average molecular weight is 429 g/mol. The molecule has 0 saturated heterocycles. The lowest BCUT2D eigenvalue weighted by molar-refractivity contribution is -0.121. The molecule has 0 fully saturated rings. The molecule has 0 aliphatic heterocycles. The van der Waals surface area contributed by atoms with E-state index in [1.54, 1.807) is 24.3 Å². The molecule has 0 aliphatic carbocycles. The van der Waals surface area contributed by atoms with Gasteiger partial charge in [0.15, 0.2) is 0 Å². The van der Waals surface area contributed by atoms with E-state index in [-0.39, 0.29) is 22.9 Å². The maximum absolute atomic E-state index is 12.3. The fourth-order valence-corrected chi connectivity index (χ4v) is 3.70. The second-order valence-corrected chi connectivity index (χ2v) is 8.02. The molecule has 6 nitrogen and oxygen atoms in total. The van der Waals surface area contributed by atoms with Crippen LogP contribution in [0.5, 0.6) is 0 Å². The quantitative estimate of drug-likeness (QED) is 0.547. The topological polar surface area (TPSA) is 84.0 Å². The van der Waals surface area contributed by atoms with Crippen molar-refractivity contribution < 1.29 is 9.59 Å². The molecule has 0 saturated carbocycles. The van der Waals surface area contributed by atoms with Gasteiger partial charge >= 0.3 is 0 Å². The molecule has 29 heavy (non-hydrogen) atoms. The Bertz CT molecular complexity index is 978. The Morgan fingerprint density at radius 3 is 2.66 bits per heavy atom. The Labute approximate surface area is 178 Å². The van der Waals surface area contributed by atoms with E-state index in [9.17, 15) is 9.59 Å². The second kappa shape index (κ2) is 10.1. The van der Waals surface area contributed by atoms with Gasteiger partial charge in [0.25, 0.3) is 5.91 Å². The molecule has 8 heteroatoms. The van der Waals surface area contributed by atoms with Crippen LogP contribution >= 0.6 is 22.9 Å². The first-order valence-corrected chi connectivity index (χ1v) is 10.4. The average Bonchev–Trinajstić information content (AvgIpc) is 3.18. The van der Waals surface area contributed by atoms with Gasteiger partial charge in [-0.05, 0) is 37.1 Å². The van der Waals surface area contributed by atoms with E-state index in [1.807, 2.05) is 37.3 Å². The van der Waals surface area contributed by atoms with Crippen LogP contribution in [0.2, 0.25) is 5.02 Å². The summed E-state index contributed by atoms with van der Waals surface area (Å²) in [4.78, 5) is 24.4. The van der Waals surface area contributed by atoms with Crippen LogP contribution in [-0.2, 0) is 11.2 Å². The number of hydrogen-bond donors (Lipinski definition) is 2. The largest absolute Gasteiger partial charge is 0.350 e. The summed E-state index contributed by atoms with van der Waals surface area (Å²) in [5.74, 6) is -0.338. The highest BCUT2D eigenvalue weighted by Crippen LogP contribution is 2.18. The smallest absolute Gasteiger partial charge is 0.286 e. The molecule has 0 spiro atoms. The minimum Gasteiger partial charge on any atom is -0.350 e. The summed E-state index contributed by atoms with van der Waals surface area (Å²) in [6.07, 6.45) is 1.62. The maximum atomic E-state index is 12.3. The van der Waals surface area contributed by atoms with Crippen LogP contribution in [0, 0.1) is 0 Å². The van der Waals surface area contributed by atoms with Crippen LogP contribution in [0.25, 0.3) is 0 Å². The first-order valence-electron chi connectivity index (χ1n) is 9.25. The van der Waals surface area contributed by atoms with Gasteiger partial charge in [-0.2, -0.15) is 0 Å². The van der Waals surface area contributed by atoms with Crippen molar-refractivity contribution in [2.45, 2.75) is 32.2 Å². The van der Waals surface area contributed by atoms with Gasteiger partial charge in [0, 0.05) is 23.6 Å². The summed E-state index contributed by atoms with van der Waals surface area (Å²) in [5, 5.41) is 15.3. The van der Waals surface area contributed by atoms with Gasteiger partial charge in [-0.25, -0.2) is 0 Å². The zero-order chi connectivity index (χ0) is 20.6. The van der Waals surface area contributed by atoms with Crippen LogP contribution in [0.4, 0.5) is 5.69 Å². The third kappa shape index (κ3) is 6.37. The van der Waals surface area contributed by atoms with Crippen molar-refractivity contribution in [3.8, 4) is 0 Å². The Morgan fingerprint density at radius 1 is 1.10 bits per heavy atom. The van der Waals surface area contributed by atoms with Crippen LogP contribution < -0.4 is 10.6 Å². The Morgan fingerprint density at radius 2 is 1.90 bits per heavy atom. The number of carbonyl (C=O) groups excluding carboxylic acids is 2. The van der Waals surface area contributed by atoms with Crippen LogP contribution in [-0.4, -0.2) is 22.0 Å². The number of nitrogens with one attached hydrogen (secondary N) is 2. The molecule has 1 aromatic heterocycles. The summed E-state index contributed by atoms with van der Waals surface area (Å²) in [6.45, 7) is 1.96. The van der Waals surface area contributed by atoms with E-state index in [4.69, 9.17) is 11.6 Å². The fraction of sp³-hybridized carbons (Fsp3) is 0.238. The molecular formula is C21H21ClN4O2S. The normalized spacial score (nSPS) is 11.7. The lowest BCUT2D eigenvalue weighted by Gasteiger charge is -2.14. The monoisotopic (exact) mass is 428 g/mol. The number of benzene rings is 2. The third-order valence-electron chi connectivity index (χ3n) is 4.22. The molecule has 3 rings (SSSR count). The highest BCUT2D eigenvalue weighted by molar-refractivity contribution is 7.13. The molecular weight excluding hydrogens is 408 g/mol. The predicted molar refractivity (Wildman–Crippen MR) is 115 cm³/mol. The molecule has 2 amide bonds. The molecule has 2 aromatic carbocycles. The standard InChI is InChI=1S/C21H21ClN4O2S/c1-14(15-7-3-2-4-8-15)23-18(27)11-6-12-19-25-26-21(29-19)20(28)24-17-10-5-9-16(22)13-17/h2-5,7-10,13-14H,6,11-12H2,1H3,(H,23,27)(H,24,28). The van der Waals surface area contributed by atoms with E-state index in [2.05, 4.69) is 20.8 Å². The highest BCUT2D eigenvalue weighted by atomic mass is 35.5. The van der Waals surface area contributed by atoms with E-state index >= 15 is 0 Å². The molecule has 3 aromatic rings. The summed E-state index contributed by atoms with van der Waals surface area (Å²) in [5.41, 5.74) is 1.67. The molecule has 150 valence electrons. The number of aryl methyl sites for hydroxylation is 1. The Balaban J connectivity index is 1.44. The number of carbonyl (C=O) groups is 2. The van der Waals surface area contributed by atoms with Crippen molar-refractivity contribution in [2.75, 3.05) is 5.32 Å². The van der Waals surface area contributed by atoms with Crippen LogP contribution in [0.15, 0.2) is 54.6 Å². The van der Waals surface area contributed by atoms with E-state index in [0.717, 1.165) is 10.6 Å². The molecule has 1 atom stereocenters. The van der Waals surface area contributed by atoms with Gasteiger partial charge < -0.3 is 10.6 Å². The number of aromatic nitrogens is 2. The van der Waals surface area contributed by atoms with Gasteiger partial charge in [-0.1, -0.05) is 59.3 Å². The number of hydrogen-bond acceptors (Lipinski definition) is 5. The lowest BCUT2D eigenvalue weighted by Crippen LogP contribution is -2.26. The molecule has 1 heterocycles. The van der Waals surface area contributed by atoms with Gasteiger partial charge in [0.2, 0.25) is 10.9 Å². The Hall–Kier alpha value is -2.77. The number of halogens is 1. The SMILES string of the molecule is CC(NC(=O)CCCc1nnc(C(=O)Nc2cccc(Cl)c2)s1)c1ccccc1. The second-order valence-electron chi connectivity index (χ2n) is 6.52. The van der Waals surface area contributed by atoms with E-state index < -0.39 is 0 Å². The zero-order valence-electron chi connectivity index (χ0n) is 15.9. The van der Waals surface area contributed by atoms with Crippen molar-refractivity contribution >= 4 is 40.4 Å². The molecule has 0 radical (unpaired) electrons. The zero-order valence-corrected chi connectivity index (χ0v) is 17.5. The third-order valence-corrected chi connectivity index (χ3v) is 5.43. The number of rotatable bonds is 8. The molecule has 0 bridgehead atoms. The van der Waals surface area contributed by atoms with Gasteiger partial charge in [-0.15, -0.1) is 10.2 Å². The highest BCUT2D eigenvalue weighted by Gasteiger charge is 2.14. The van der Waals surface area contributed by atoms with Gasteiger partial charge in [0.05, 0.1) is 6.04 Å². The van der Waals surface area contributed by atoms with Gasteiger partial charge in [-0.3, -0.25) is 9.59 Å². The first kappa shape index (κ1) is 21.0. The number of amides is 2. The summed E-state index contributed by atoms with van der Waals surface area (Å²) < 4.78 is 0. The van der Waals surface area contributed by atoms with Crippen LogP contribution in [0.3, 0.4) is 0 Å². The maximum Gasteiger partial charge on any atom is 0.286 e.